The van der Waals surface area contributed by atoms with Gasteiger partial charge in [-0.2, -0.15) is 4.39 Å². The SMILES string of the molecule is O=[SH](=O)NC(c1ccccc1F)c1c(F)cc(Oc2ncccc2-c2ccnc(NC3CNCC(C4CC4)C3)n2)c(F)c1F. The second-order valence-corrected chi connectivity index (χ2v) is 11.6. The molecule has 4 aromatic rings. The van der Waals surface area contributed by atoms with Crippen LogP contribution in [0.15, 0.2) is 60.9 Å². The number of hydrogen-bond donors (Lipinski definition) is 4. The second-order valence-electron chi connectivity index (χ2n) is 10.8. The molecule has 2 aromatic carbocycles. The highest BCUT2D eigenvalue weighted by Crippen LogP contribution is 2.40. The second kappa shape index (κ2) is 12.8. The molecule has 3 N–H and O–H groups in total. The van der Waals surface area contributed by atoms with E-state index < -0.39 is 57.1 Å². The third-order valence-corrected chi connectivity index (χ3v) is 8.28. The molecule has 2 aliphatic rings. The summed E-state index contributed by atoms with van der Waals surface area (Å²) in [5.74, 6) is -5.00. The first kappa shape index (κ1) is 29.9. The van der Waals surface area contributed by atoms with Crippen LogP contribution < -0.4 is 20.1 Å². The van der Waals surface area contributed by atoms with Crippen molar-refractivity contribution in [2.45, 2.75) is 31.3 Å². The van der Waals surface area contributed by atoms with Gasteiger partial charge in [0.2, 0.25) is 28.5 Å². The van der Waals surface area contributed by atoms with Gasteiger partial charge in [0.05, 0.1) is 17.3 Å². The number of piperidine rings is 1. The molecular weight excluding hydrogens is 600 g/mol. The van der Waals surface area contributed by atoms with Crippen LogP contribution in [0, 0.1) is 35.1 Å². The van der Waals surface area contributed by atoms with Crippen molar-refractivity contribution in [3.63, 3.8) is 0 Å². The van der Waals surface area contributed by atoms with Crippen molar-refractivity contribution in [2.24, 2.45) is 11.8 Å². The van der Waals surface area contributed by atoms with Crippen LogP contribution in [0.3, 0.4) is 0 Å². The maximum absolute atomic E-state index is 15.4. The number of aromatic nitrogens is 3. The predicted octanol–water partition coefficient (Wildman–Crippen LogP) is 4.89. The number of hydrogen-bond acceptors (Lipinski definition) is 8. The van der Waals surface area contributed by atoms with E-state index in [1.54, 1.807) is 24.4 Å². The minimum Gasteiger partial charge on any atom is -0.435 e. The minimum absolute atomic E-state index is 0.134. The highest BCUT2D eigenvalue weighted by atomic mass is 32.2. The first-order valence-electron chi connectivity index (χ1n) is 14.0. The minimum atomic E-state index is -3.46. The summed E-state index contributed by atoms with van der Waals surface area (Å²) in [6.45, 7) is 1.76. The van der Waals surface area contributed by atoms with Crippen molar-refractivity contribution in [1.82, 2.24) is 25.0 Å². The monoisotopic (exact) mass is 628 g/mol. The number of pyridine rings is 1. The molecule has 3 unspecified atom stereocenters. The summed E-state index contributed by atoms with van der Waals surface area (Å²) < 4.78 is 91.1. The van der Waals surface area contributed by atoms with Crippen LogP contribution in [0.5, 0.6) is 11.6 Å². The zero-order valence-electron chi connectivity index (χ0n) is 23.1. The number of halogens is 4. The van der Waals surface area contributed by atoms with Gasteiger partial charge < -0.3 is 15.4 Å². The van der Waals surface area contributed by atoms with E-state index in [0.717, 1.165) is 37.6 Å². The topological polar surface area (TPSA) is 118 Å². The van der Waals surface area contributed by atoms with Crippen molar-refractivity contribution in [1.29, 1.82) is 0 Å². The fourth-order valence-corrected chi connectivity index (χ4v) is 6.05. The number of anilines is 1. The number of ether oxygens (including phenoxy) is 1. The average Bonchev–Trinajstić information content (AvgIpc) is 3.86. The van der Waals surface area contributed by atoms with Crippen LogP contribution in [0.1, 0.15) is 36.4 Å². The molecule has 14 heteroatoms. The smallest absolute Gasteiger partial charge is 0.228 e. The number of rotatable bonds is 10. The number of thiol groups is 1. The summed E-state index contributed by atoms with van der Waals surface area (Å²) in [5.41, 5.74) is -0.763. The largest absolute Gasteiger partial charge is 0.435 e. The van der Waals surface area contributed by atoms with Crippen molar-refractivity contribution in [3.05, 3.63) is 95.3 Å². The molecular formula is C30H28F4N6O3S. The Morgan fingerprint density at radius 3 is 2.50 bits per heavy atom. The van der Waals surface area contributed by atoms with E-state index in [1.165, 1.54) is 31.2 Å². The van der Waals surface area contributed by atoms with E-state index in [0.29, 0.717) is 29.2 Å². The molecule has 0 radical (unpaired) electrons. The normalized spacial score (nSPS) is 19.1. The predicted molar refractivity (Wildman–Crippen MR) is 154 cm³/mol. The van der Waals surface area contributed by atoms with Gasteiger partial charge in [0.1, 0.15) is 11.6 Å². The summed E-state index contributed by atoms with van der Waals surface area (Å²) in [7, 11) is -3.46. The summed E-state index contributed by atoms with van der Waals surface area (Å²) in [4.78, 5) is 13.0. The average molecular weight is 629 g/mol. The van der Waals surface area contributed by atoms with Gasteiger partial charge in [0.15, 0.2) is 11.6 Å². The fourth-order valence-electron chi connectivity index (χ4n) is 5.57. The lowest BCUT2D eigenvalue weighted by atomic mass is 9.91. The Bertz CT molecular complexity index is 1750. The maximum Gasteiger partial charge on any atom is 0.228 e. The third kappa shape index (κ3) is 6.51. The Morgan fingerprint density at radius 2 is 1.73 bits per heavy atom. The number of benzene rings is 2. The molecule has 9 nitrogen and oxygen atoms in total. The van der Waals surface area contributed by atoms with Gasteiger partial charge >= 0.3 is 0 Å². The van der Waals surface area contributed by atoms with Crippen LogP contribution in [0.4, 0.5) is 23.5 Å². The van der Waals surface area contributed by atoms with E-state index >= 15 is 13.2 Å². The quantitative estimate of drug-likeness (QED) is 0.111. The summed E-state index contributed by atoms with van der Waals surface area (Å²) >= 11 is 0. The number of nitrogens with zero attached hydrogens (tertiary/aromatic N) is 3. The fraction of sp³-hybridized carbons (Fsp3) is 0.300. The van der Waals surface area contributed by atoms with Crippen molar-refractivity contribution in [2.75, 3.05) is 18.4 Å². The molecule has 6 rings (SSSR count). The Balaban J connectivity index is 1.28. The lowest BCUT2D eigenvalue weighted by molar-refractivity contribution is 0.321. The lowest BCUT2D eigenvalue weighted by Gasteiger charge is -2.30. The Hall–Kier alpha value is -4.14. The third-order valence-electron chi connectivity index (χ3n) is 7.82. The summed E-state index contributed by atoms with van der Waals surface area (Å²) in [6.07, 6.45) is 6.42. The van der Waals surface area contributed by atoms with Crippen LogP contribution in [-0.2, 0) is 10.9 Å². The van der Waals surface area contributed by atoms with Crippen LogP contribution in [-0.4, -0.2) is 42.5 Å². The van der Waals surface area contributed by atoms with Gasteiger partial charge in [0, 0.05) is 42.2 Å². The highest BCUT2D eigenvalue weighted by molar-refractivity contribution is 7.70. The van der Waals surface area contributed by atoms with Gasteiger partial charge in [-0.15, -0.1) is 0 Å². The molecule has 1 saturated carbocycles. The first-order valence-corrected chi connectivity index (χ1v) is 15.2. The molecule has 1 saturated heterocycles. The number of nitrogens with one attached hydrogen (secondary N) is 3. The summed E-state index contributed by atoms with van der Waals surface area (Å²) in [5, 5.41) is 6.82. The lowest BCUT2D eigenvalue weighted by Crippen LogP contribution is -2.44. The Labute approximate surface area is 252 Å². The molecule has 3 atom stereocenters. The zero-order valence-corrected chi connectivity index (χ0v) is 24.0. The standard InChI is InChI=1S/C30H28F4N6O3S/c31-21-6-2-1-4-19(21)28(40-44(41)42)25-22(32)13-24(26(33)27(25)34)43-29-20(5-3-10-36-29)23-9-11-37-30(39-23)38-18-12-17(14-35-15-18)16-7-8-16/h1-6,9-11,13,16-18,28,35,44H,7-8,12,14-15H2,(H,37,38,39)(H,40,41,42). The molecule has 230 valence electrons. The van der Waals surface area contributed by atoms with Gasteiger partial charge in [-0.05, 0) is 61.9 Å². The van der Waals surface area contributed by atoms with E-state index in [4.69, 9.17) is 4.74 Å². The summed E-state index contributed by atoms with van der Waals surface area (Å²) in [6, 6.07) is 8.38. The van der Waals surface area contributed by atoms with E-state index in [9.17, 15) is 12.8 Å². The Morgan fingerprint density at radius 1 is 0.909 bits per heavy atom. The van der Waals surface area contributed by atoms with E-state index in [1.807, 2.05) is 4.72 Å². The van der Waals surface area contributed by atoms with E-state index in [2.05, 4.69) is 25.6 Å². The van der Waals surface area contributed by atoms with Crippen molar-refractivity contribution < 1.29 is 30.7 Å². The van der Waals surface area contributed by atoms with Crippen molar-refractivity contribution >= 4 is 16.8 Å². The van der Waals surface area contributed by atoms with Crippen LogP contribution in [0.2, 0.25) is 0 Å². The van der Waals surface area contributed by atoms with Gasteiger partial charge in [-0.1, -0.05) is 18.2 Å². The van der Waals surface area contributed by atoms with Gasteiger partial charge in [0.25, 0.3) is 0 Å². The van der Waals surface area contributed by atoms with E-state index in [-0.39, 0.29) is 11.9 Å². The molecule has 2 aromatic heterocycles. The first-order chi connectivity index (χ1) is 21.3. The maximum atomic E-state index is 15.4. The molecule has 2 fully saturated rings. The molecule has 3 heterocycles. The highest BCUT2D eigenvalue weighted by Gasteiger charge is 2.35. The zero-order chi connectivity index (χ0) is 30.8. The molecule has 0 spiro atoms. The van der Waals surface area contributed by atoms with Gasteiger partial charge in [-0.25, -0.2) is 41.3 Å². The van der Waals surface area contributed by atoms with Crippen molar-refractivity contribution in [3.8, 4) is 22.9 Å². The van der Waals surface area contributed by atoms with Crippen LogP contribution >= 0.6 is 0 Å². The van der Waals surface area contributed by atoms with Gasteiger partial charge in [-0.3, -0.25) is 0 Å². The molecule has 0 bridgehead atoms. The Kier molecular flexibility index (Phi) is 8.73. The molecule has 0 amide bonds. The van der Waals surface area contributed by atoms with Crippen LogP contribution in [0.25, 0.3) is 11.3 Å². The molecule has 1 aliphatic carbocycles. The molecule has 1 aliphatic heterocycles. The molecule has 44 heavy (non-hydrogen) atoms.